The fourth-order valence-corrected chi connectivity index (χ4v) is 1.64. The minimum atomic E-state index is 0.435. The lowest BCUT2D eigenvalue weighted by Gasteiger charge is -2.09. The molecule has 1 aromatic carbocycles. The number of furan rings is 1. The summed E-state index contributed by atoms with van der Waals surface area (Å²) in [7, 11) is 0. The van der Waals surface area contributed by atoms with Crippen molar-refractivity contribution in [3.8, 4) is 5.75 Å². The predicted molar refractivity (Wildman–Crippen MR) is 66.8 cm³/mol. The topological polar surface area (TPSA) is 48.4 Å². The van der Waals surface area contributed by atoms with E-state index in [1.807, 2.05) is 18.2 Å². The molecular weight excluding hydrogens is 214 g/mol. The Morgan fingerprint density at radius 1 is 1.29 bits per heavy atom. The van der Waals surface area contributed by atoms with E-state index in [1.54, 1.807) is 6.26 Å². The molecule has 2 aromatic rings. The van der Waals surface area contributed by atoms with Crippen LogP contribution in [0.25, 0.3) is 0 Å². The van der Waals surface area contributed by atoms with Crippen molar-refractivity contribution < 1.29 is 9.15 Å². The van der Waals surface area contributed by atoms with E-state index in [0.717, 1.165) is 22.6 Å². The van der Waals surface area contributed by atoms with Gasteiger partial charge in [0.25, 0.3) is 0 Å². The van der Waals surface area contributed by atoms with Crippen molar-refractivity contribution in [3.63, 3.8) is 0 Å². The zero-order valence-electron chi connectivity index (χ0n) is 10.2. The molecule has 0 saturated carbocycles. The molecule has 0 spiro atoms. The number of benzene rings is 1. The Morgan fingerprint density at radius 2 is 2.12 bits per heavy atom. The number of hydrogen-bond donors (Lipinski definition) is 1. The Morgan fingerprint density at radius 3 is 2.82 bits per heavy atom. The highest BCUT2D eigenvalue weighted by Gasteiger charge is 2.04. The summed E-state index contributed by atoms with van der Waals surface area (Å²) in [6.07, 6.45) is 1.67. The van der Waals surface area contributed by atoms with Crippen LogP contribution in [-0.4, -0.2) is 0 Å². The highest BCUT2D eigenvalue weighted by molar-refractivity contribution is 5.38. The molecule has 0 aliphatic heterocycles. The minimum Gasteiger partial charge on any atom is -0.485 e. The maximum Gasteiger partial charge on any atom is 0.146 e. The van der Waals surface area contributed by atoms with Gasteiger partial charge in [0.1, 0.15) is 18.1 Å². The zero-order valence-corrected chi connectivity index (χ0v) is 10.2. The van der Waals surface area contributed by atoms with E-state index in [9.17, 15) is 0 Å². The second-order valence-corrected chi connectivity index (χ2v) is 4.11. The molecule has 0 aliphatic carbocycles. The maximum atomic E-state index is 5.73. The van der Waals surface area contributed by atoms with Gasteiger partial charge in [-0.2, -0.15) is 0 Å². The van der Waals surface area contributed by atoms with E-state index >= 15 is 0 Å². The quantitative estimate of drug-likeness (QED) is 0.880. The van der Waals surface area contributed by atoms with Crippen LogP contribution in [0.1, 0.15) is 22.5 Å². The van der Waals surface area contributed by atoms with Gasteiger partial charge in [-0.1, -0.05) is 12.1 Å². The van der Waals surface area contributed by atoms with Crippen molar-refractivity contribution in [1.82, 2.24) is 0 Å². The van der Waals surface area contributed by atoms with E-state index in [1.165, 1.54) is 5.56 Å². The summed E-state index contributed by atoms with van der Waals surface area (Å²) >= 11 is 0. The van der Waals surface area contributed by atoms with E-state index < -0.39 is 0 Å². The molecule has 0 atom stereocenters. The van der Waals surface area contributed by atoms with Crippen molar-refractivity contribution in [1.29, 1.82) is 0 Å². The third-order valence-corrected chi connectivity index (χ3v) is 2.87. The normalized spacial score (nSPS) is 10.5. The summed E-state index contributed by atoms with van der Waals surface area (Å²) in [4.78, 5) is 0. The largest absolute Gasteiger partial charge is 0.485 e. The third kappa shape index (κ3) is 2.68. The van der Waals surface area contributed by atoms with Gasteiger partial charge >= 0.3 is 0 Å². The lowest BCUT2D eigenvalue weighted by atomic mass is 10.1. The van der Waals surface area contributed by atoms with Gasteiger partial charge in [-0.15, -0.1) is 0 Å². The second-order valence-electron chi connectivity index (χ2n) is 4.11. The molecule has 0 radical (unpaired) electrons. The first-order chi connectivity index (χ1) is 8.20. The van der Waals surface area contributed by atoms with Crippen LogP contribution in [0.2, 0.25) is 0 Å². The number of rotatable bonds is 4. The highest BCUT2D eigenvalue weighted by atomic mass is 16.5. The number of ether oxygens (including phenoxy) is 1. The second kappa shape index (κ2) is 5.06. The monoisotopic (exact) mass is 231 g/mol. The molecule has 90 valence electrons. The number of nitrogens with two attached hydrogens (primary N) is 1. The molecule has 2 N–H and O–H groups in total. The van der Waals surface area contributed by atoms with E-state index in [2.05, 4.69) is 19.9 Å². The van der Waals surface area contributed by atoms with Crippen LogP contribution in [-0.2, 0) is 13.2 Å². The average Bonchev–Trinajstić information content (AvgIpc) is 2.79. The van der Waals surface area contributed by atoms with Crippen molar-refractivity contribution in [2.24, 2.45) is 5.73 Å². The van der Waals surface area contributed by atoms with Crippen LogP contribution in [0.4, 0.5) is 0 Å². The highest BCUT2D eigenvalue weighted by Crippen LogP contribution is 2.22. The smallest absolute Gasteiger partial charge is 0.146 e. The summed E-state index contributed by atoms with van der Waals surface area (Å²) < 4.78 is 11.1. The van der Waals surface area contributed by atoms with Crippen LogP contribution in [0.3, 0.4) is 0 Å². The van der Waals surface area contributed by atoms with Gasteiger partial charge in [0.2, 0.25) is 0 Å². The lowest BCUT2D eigenvalue weighted by Crippen LogP contribution is -1.97. The average molecular weight is 231 g/mol. The fourth-order valence-electron chi connectivity index (χ4n) is 1.64. The van der Waals surface area contributed by atoms with Crippen LogP contribution >= 0.6 is 0 Å². The van der Waals surface area contributed by atoms with Gasteiger partial charge in [0, 0.05) is 12.1 Å². The molecule has 2 rings (SSSR count). The summed E-state index contributed by atoms with van der Waals surface area (Å²) in [6, 6.07) is 7.95. The number of hydrogen-bond acceptors (Lipinski definition) is 3. The first-order valence-corrected chi connectivity index (χ1v) is 5.66. The van der Waals surface area contributed by atoms with Crippen molar-refractivity contribution >= 4 is 0 Å². The molecule has 3 heteroatoms. The Labute approximate surface area is 101 Å². The Bertz CT molecular complexity index is 503. The summed E-state index contributed by atoms with van der Waals surface area (Å²) in [5.41, 5.74) is 8.90. The molecule has 0 aliphatic rings. The molecule has 17 heavy (non-hydrogen) atoms. The van der Waals surface area contributed by atoms with Gasteiger partial charge in [0.05, 0.1) is 6.26 Å². The Balaban J connectivity index is 2.04. The molecule has 3 nitrogen and oxygen atoms in total. The van der Waals surface area contributed by atoms with E-state index in [4.69, 9.17) is 14.9 Å². The molecule has 1 aromatic heterocycles. The van der Waals surface area contributed by atoms with Gasteiger partial charge in [0.15, 0.2) is 0 Å². The molecule has 0 amide bonds. The van der Waals surface area contributed by atoms with Crippen molar-refractivity contribution in [2.45, 2.75) is 27.0 Å². The molecular formula is C14H17NO2. The van der Waals surface area contributed by atoms with Crippen molar-refractivity contribution in [2.75, 3.05) is 0 Å². The summed E-state index contributed by atoms with van der Waals surface area (Å²) in [5, 5.41) is 0. The third-order valence-electron chi connectivity index (χ3n) is 2.87. The number of aryl methyl sites for hydroxylation is 1. The first kappa shape index (κ1) is 11.7. The van der Waals surface area contributed by atoms with Gasteiger partial charge < -0.3 is 14.9 Å². The SMILES string of the molecule is Cc1cccc(OCc2cc(CN)co2)c1C. The van der Waals surface area contributed by atoms with Crippen molar-refractivity contribution in [3.05, 3.63) is 53.0 Å². The standard InChI is InChI=1S/C14H17NO2/c1-10-4-3-5-14(11(10)2)17-9-13-6-12(7-15)8-16-13/h3-6,8H,7,9,15H2,1-2H3. The molecule has 1 heterocycles. The predicted octanol–water partition coefficient (Wildman–Crippen LogP) is 2.93. The first-order valence-electron chi connectivity index (χ1n) is 5.66. The van der Waals surface area contributed by atoms with E-state index in [0.29, 0.717) is 13.2 Å². The Hall–Kier alpha value is -1.74. The van der Waals surface area contributed by atoms with Gasteiger partial charge in [-0.25, -0.2) is 0 Å². The Kier molecular flexibility index (Phi) is 3.49. The van der Waals surface area contributed by atoms with Gasteiger partial charge in [-0.3, -0.25) is 0 Å². The molecule has 0 unspecified atom stereocenters. The lowest BCUT2D eigenvalue weighted by molar-refractivity contribution is 0.268. The zero-order chi connectivity index (χ0) is 12.3. The summed E-state index contributed by atoms with van der Waals surface area (Å²) in [5.74, 6) is 1.70. The van der Waals surface area contributed by atoms with E-state index in [-0.39, 0.29) is 0 Å². The van der Waals surface area contributed by atoms with Crippen LogP contribution in [0.15, 0.2) is 34.9 Å². The molecule has 0 saturated heterocycles. The maximum absolute atomic E-state index is 5.73. The summed E-state index contributed by atoms with van der Waals surface area (Å²) in [6.45, 7) is 5.05. The molecule has 0 fully saturated rings. The van der Waals surface area contributed by atoms with Crippen LogP contribution < -0.4 is 10.5 Å². The van der Waals surface area contributed by atoms with Crippen LogP contribution in [0, 0.1) is 13.8 Å². The minimum absolute atomic E-state index is 0.435. The fraction of sp³-hybridized carbons (Fsp3) is 0.286. The van der Waals surface area contributed by atoms with Gasteiger partial charge in [-0.05, 0) is 37.1 Å². The van der Waals surface area contributed by atoms with Crippen LogP contribution in [0.5, 0.6) is 5.75 Å². The molecule has 0 bridgehead atoms.